The number of carbonyl (C=O) groups is 3. The Kier molecular flexibility index (Phi) is 8.03. The van der Waals surface area contributed by atoms with Crippen LogP contribution in [0, 0.1) is 32.6 Å². The van der Waals surface area contributed by atoms with Gasteiger partial charge in [0, 0.05) is 68.6 Å². The van der Waals surface area contributed by atoms with Crippen LogP contribution >= 0.6 is 0 Å². The summed E-state index contributed by atoms with van der Waals surface area (Å²) in [7, 11) is 0. The summed E-state index contributed by atoms with van der Waals surface area (Å²) in [6, 6.07) is 0. The van der Waals surface area contributed by atoms with Crippen LogP contribution in [0.4, 0.5) is 0 Å². The van der Waals surface area contributed by atoms with Gasteiger partial charge >= 0.3 is 17.9 Å². The van der Waals surface area contributed by atoms with Crippen molar-refractivity contribution in [2.45, 2.75) is 60.3 Å². The van der Waals surface area contributed by atoms with Gasteiger partial charge in [0.25, 0.3) is 0 Å². The van der Waals surface area contributed by atoms with E-state index < -0.39 is 24.3 Å². The van der Waals surface area contributed by atoms with E-state index in [1.165, 1.54) is 0 Å². The van der Waals surface area contributed by atoms with Gasteiger partial charge in [-0.2, -0.15) is 0 Å². The number of nitrogens with one attached hydrogen (secondary N) is 4. The molecule has 0 aliphatic carbocycles. The number of rotatable bonds is 8. The molecule has 10 nitrogen and oxygen atoms in total. The highest BCUT2D eigenvalue weighted by molar-refractivity contribution is 5.99. The van der Waals surface area contributed by atoms with Crippen LogP contribution in [0.3, 0.4) is 0 Å². The van der Waals surface area contributed by atoms with Crippen molar-refractivity contribution >= 4 is 47.8 Å². The number of hydrogen-bond donors (Lipinski definition) is 7. The van der Waals surface area contributed by atoms with Crippen molar-refractivity contribution in [1.82, 2.24) is 20.3 Å². The first-order valence-corrected chi connectivity index (χ1v) is 14.7. The lowest BCUT2D eigenvalue weighted by Gasteiger charge is -2.18. The van der Waals surface area contributed by atoms with Crippen LogP contribution in [-0.4, -0.2) is 48.2 Å². The Balaban J connectivity index is 1.94. The largest absolute Gasteiger partial charge is 0.481 e. The Bertz CT molecular complexity index is 1910. The molecule has 5 heterocycles. The van der Waals surface area contributed by atoms with E-state index in [4.69, 9.17) is 0 Å². The van der Waals surface area contributed by atoms with Crippen molar-refractivity contribution in [2.24, 2.45) is 11.8 Å². The zero-order valence-corrected chi connectivity index (χ0v) is 25.6. The van der Waals surface area contributed by atoms with E-state index >= 15 is 0 Å². The topological polar surface area (TPSA) is 171 Å². The number of carboxylic acid groups (broad SMARTS) is 3. The SMILES string of the molecule is C=Cc1c2[nH]c(c1C)/C=C1\N/C(=C(/CC(=O)O)c3[nH]c(c(C)c3C(=O)O)/C=c3\[nH]/c(c(C)c3CC)=C\2)[C@@H](CCC(=O)O)[C@@H]1C. The maximum absolute atomic E-state index is 12.7. The molecule has 1 fully saturated rings. The molecule has 230 valence electrons. The third kappa shape index (κ3) is 5.21. The lowest BCUT2D eigenvalue weighted by molar-refractivity contribution is -0.137. The number of H-pyrrole nitrogens is 3. The summed E-state index contributed by atoms with van der Waals surface area (Å²) in [4.78, 5) is 47.0. The lowest BCUT2D eigenvalue weighted by Crippen LogP contribution is -2.16. The van der Waals surface area contributed by atoms with E-state index in [0.717, 1.165) is 56.5 Å². The first kappa shape index (κ1) is 30.5. The number of fused-ring (bicyclic) bond motifs is 8. The van der Waals surface area contributed by atoms with Gasteiger partial charge in [-0.1, -0.05) is 26.5 Å². The molecule has 2 aliphatic rings. The monoisotopic (exact) mass is 598 g/mol. The fraction of sp³-hybridized carbons (Fsp3) is 0.324. The van der Waals surface area contributed by atoms with Crippen LogP contribution in [0.25, 0.3) is 29.9 Å². The normalized spacial score (nSPS) is 21.8. The van der Waals surface area contributed by atoms with E-state index in [9.17, 15) is 29.7 Å². The summed E-state index contributed by atoms with van der Waals surface area (Å²) in [5.74, 6) is -3.87. The van der Waals surface area contributed by atoms with Gasteiger partial charge in [0.1, 0.15) is 0 Å². The fourth-order valence-electron chi connectivity index (χ4n) is 6.71. The van der Waals surface area contributed by atoms with Crippen molar-refractivity contribution in [3.8, 4) is 0 Å². The third-order valence-electron chi connectivity index (χ3n) is 9.12. The minimum Gasteiger partial charge on any atom is -0.481 e. The molecule has 3 aromatic heterocycles. The molecule has 0 amide bonds. The molecule has 8 bridgehead atoms. The van der Waals surface area contributed by atoms with Crippen LogP contribution in [-0.2, 0) is 16.0 Å². The maximum atomic E-state index is 12.7. The average molecular weight is 599 g/mol. The van der Waals surface area contributed by atoms with Crippen LogP contribution < -0.4 is 16.0 Å². The van der Waals surface area contributed by atoms with E-state index in [1.807, 2.05) is 39.0 Å². The molecule has 2 atom stereocenters. The van der Waals surface area contributed by atoms with Gasteiger partial charge in [0.05, 0.1) is 17.7 Å². The van der Waals surface area contributed by atoms with Crippen molar-refractivity contribution in [2.75, 3.05) is 0 Å². The van der Waals surface area contributed by atoms with Crippen LogP contribution in [0.15, 0.2) is 18.0 Å². The zero-order chi connectivity index (χ0) is 32.0. The van der Waals surface area contributed by atoms with Crippen molar-refractivity contribution in [3.05, 3.63) is 84.8 Å². The summed E-state index contributed by atoms with van der Waals surface area (Å²) in [6.07, 6.45) is 8.10. The second-order valence-corrected chi connectivity index (χ2v) is 11.6. The molecule has 44 heavy (non-hydrogen) atoms. The molecule has 2 aliphatic heterocycles. The Morgan fingerprint density at radius 2 is 1.57 bits per heavy atom. The molecular formula is C34H38N4O6. The van der Waals surface area contributed by atoms with Gasteiger partial charge in [-0.3, -0.25) is 9.59 Å². The zero-order valence-electron chi connectivity index (χ0n) is 25.6. The predicted molar refractivity (Wildman–Crippen MR) is 169 cm³/mol. The number of aliphatic carboxylic acids is 2. The Morgan fingerprint density at radius 3 is 2.18 bits per heavy atom. The van der Waals surface area contributed by atoms with Gasteiger partial charge in [-0.15, -0.1) is 0 Å². The molecule has 1 saturated heterocycles. The number of aromatic carboxylic acids is 1. The minimum atomic E-state index is -1.18. The van der Waals surface area contributed by atoms with Gasteiger partial charge < -0.3 is 35.6 Å². The molecule has 7 N–H and O–H groups in total. The highest BCUT2D eigenvalue weighted by atomic mass is 16.4. The molecule has 0 spiro atoms. The minimum absolute atomic E-state index is 0.0126. The second kappa shape index (κ2) is 11.6. The van der Waals surface area contributed by atoms with Crippen molar-refractivity contribution < 1.29 is 29.7 Å². The van der Waals surface area contributed by atoms with Gasteiger partial charge in [-0.25, -0.2) is 4.79 Å². The summed E-state index contributed by atoms with van der Waals surface area (Å²) in [5, 5.41) is 35.1. The van der Waals surface area contributed by atoms with Crippen LogP contribution in [0.1, 0.15) is 94.1 Å². The highest BCUT2D eigenvalue weighted by Gasteiger charge is 2.37. The maximum Gasteiger partial charge on any atom is 0.338 e. The molecular weight excluding hydrogens is 560 g/mol. The van der Waals surface area contributed by atoms with Gasteiger partial charge in [-0.05, 0) is 74.1 Å². The molecule has 0 saturated carbocycles. The number of aromatic nitrogens is 3. The number of carboxylic acids is 3. The third-order valence-corrected chi connectivity index (χ3v) is 9.12. The Hall–Kier alpha value is -4.99. The van der Waals surface area contributed by atoms with Gasteiger partial charge in [0.2, 0.25) is 0 Å². The highest BCUT2D eigenvalue weighted by Crippen LogP contribution is 2.42. The number of aromatic amines is 3. The van der Waals surface area contributed by atoms with Crippen molar-refractivity contribution in [3.63, 3.8) is 0 Å². The van der Waals surface area contributed by atoms with E-state index in [1.54, 1.807) is 6.92 Å². The molecule has 10 heteroatoms. The molecule has 3 aromatic rings. The predicted octanol–water partition coefficient (Wildman–Crippen LogP) is 4.42. The first-order chi connectivity index (χ1) is 20.9. The van der Waals surface area contributed by atoms with E-state index in [-0.39, 0.29) is 35.9 Å². The quantitative estimate of drug-likeness (QED) is 0.201. The van der Waals surface area contributed by atoms with E-state index in [0.29, 0.717) is 22.5 Å². The summed E-state index contributed by atoms with van der Waals surface area (Å²) < 4.78 is 0. The number of hydrogen-bond acceptors (Lipinski definition) is 4. The second-order valence-electron chi connectivity index (χ2n) is 11.6. The Morgan fingerprint density at radius 1 is 0.886 bits per heavy atom. The summed E-state index contributed by atoms with van der Waals surface area (Å²) >= 11 is 0. The smallest absolute Gasteiger partial charge is 0.338 e. The average Bonchev–Trinajstić information content (AvgIpc) is 3.63. The molecule has 5 rings (SSSR count). The standard InChI is InChI=1S/C34H38N4O6/c1-7-19-15(3)23-12-25-17(5)21(9-10-29(39)40)32(37-25)22(11-30(41)42)33-31(34(43)44)18(6)26(38-33)14-28-20(8-2)16(4)24(36-28)13-27(19)35-23/h7,12-14,17,21,35-38H,1,8-11H2,2-6H3,(H,39,40)(H,41,42)(H,43,44)/b24-13-,25-12-,28-14-,32-22-/t17-,21-/m0/s1. The van der Waals surface area contributed by atoms with Crippen LogP contribution in [0.2, 0.25) is 0 Å². The lowest BCUT2D eigenvalue weighted by atomic mass is 9.85. The van der Waals surface area contributed by atoms with Crippen LogP contribution in [0.5, 0.6) is 0 Å². The molecule has 0 aromatic carbocycles. The summed E-state index contributed by atoms with van der Waals surface area (Å²) in [6.45, 7) is 13.8. The number of allylic oxidation sites excluding steroid dienone is 2. The van der Waals surface area contributed by atoms with Gasteiger partial charge in [0.15, 0.2) is 0 Å². The molecule has 0 unspecified atom stereocenters. The molecule has 0 radical (unpaired) electrons. The first-order valence-electron chi connectivity index (χ1n) is 14.7. The van der Waals surface area contributed by atoms with Crippen molar-refractivity contribution in [1.29, 1.82) is 0 Å². The summed E-state index contributed by atoms with van der Waals surface area (Å²) in [5.41, 5.74) is 8.56. The Labute approximate surface area is 254 Å². The van der Waals surface area contributed by atoms with E-state index in [2.05, 4.69) is 39.8 Å². The fourth-order valence-corrected chi connectivity index (χ4v) is 6.71.